The van der Waals surface area contributed by atoms with E-state index in [1.54, 1.807) is 4.90 Å². The second kappa shape index (κ2) is 8.99. The van der Waals surface area contributed by atoms with Gasteiger partial charge in [0.05, 0.1) is 18.1 Å². The van der Waals surface area contributed by atoms with E-state index < -0.39 is 0 Å². The molecule has 140 valence electrons. The Labute approximate surface area is 165 Å². The molecule has 2 heterocycles. The number of thiocarbonyl (C=S) groups is 1. The quantitative estimate of drug-likeness (QED) is 0.588. The number of anilines is 1. The summed E-state index contributed by atoms with van der Waals surface area (Å²) in [5, 5.41) is 0. The zero-order valence-electron chi connectivity index (χ0n) is 15.4. The van der Waals surface area contributed by atoms with Gasteiger partial charge in [-0.3, -0.25) is 4.79 Å². The van der Waals surface area contributed by atoms with Crippen LogP contribution in [-0.2, 0) is 9.53 Å². The van der Waals surface area contributed by atoms with Crippen LogP contribution >= 0.6 is 24.0 Å². The maximum absolute atomic E-state index is 12.8. The molecule has 0 atom stereocenters. The second-order valence-electron chi connectivity index (χ2n) is 6.39. The lowest BCUT2D eigenvalue weighted by atomic mass is 10.1. The minimum Gasteiger partial charge on any atom is -0.372 e. The molecule has 2 aliphatic heterocycles. The molecule has 0 spiro atoms. The van der Waals surface area contributed by atoms with Crippen LogP contribution in [0, 0.1) is 0 Å². The monoisotopic (exact) mass is 392 g/mol. The Balaban J connectivity index is 1.69. The highest BCUT2D eigenvalue weighted by Crippen LogP contribution is 2.32. The second-order valence-corrected chi connectivity index (χ2v) is 8.07. The smallest absolute Gasteiger partial charge is 0.270 e. The molecule has 1 N–H and O–H groups in total. The molecule has 0 aliphatic carbocycles. The van der Waals surface area contributed by atoms with Gasteiger partial charge in [0.2, 0.25) is 0 Å². The summed E-state index contributed by atoms with van der Waals surface area (Å²) in [7, 11) is 0. The fourth-order valence-electron chi connectivity index (χ4n) is 3.20. The lowest BCUT2D eigenvalue weighted by Gasteiger charge is -2.27. The molecule has 5 nitrogen and oxygen atoms in total. The average molecular weight is 393 g/mol. The zero-order valence-corrected chi connectivity index (χ0v) is 17.0. The fraction of sp³-hybridized carbons (Fsp3) is 0.474. The molecule has 2 fully saturated rings. The van der Waals surface area contributed by atoms with Crippen LogP contribution < -0.4 is 9.80 Å². The molecule has 0 aromatic heterocycles. The van der Waals surface area contributed by atoms with Gasteiger partial charge in [-0.1, -0.05) is 36.1 Å². The van der Waals surface area contributed by atoms with Crippen LogP contribution in [0.1, 0.15) is 19.4 Å². The molecule has 1 aromatic rings. The molecule has 1 amide bonds. The largest absolute Gasteiger partial charge is 0.372 e. The van der Waals surface area contributed by atoms with Crippen molar-refractivity contribution in [3.05, 3.63) is 34.7 Å². The minimum absolute atomic E-state index is 0.0202. The predicted octanol–water partition coefficient (Wildman–Crippen LogP) is 1.61. The number of quaternary nitrogens is 1. The third-order valence-corrected chi connectivity index (χ3v) is 6.15. The van der Waals surface area contributed by atoms with Crippen molar-refractivity contribution in [1.29, 1.82) is 0 Å². The van der Waals surface area contributed by atoms with E-state index in [4.69, 9.17) is 17.0 Å². The van der Waals surface area contributed by atoms with Crippen molar-refractivity contribution in [2.75, 3.05) is 51.0 Å². The first-order valence-corrected chi connectivity index (χ1v) is 10.4. The number of benzene rings is 1. The Hall–Kier alpha value is -1.41. The summed E-state index contributed by atoms with van der Waals surface area (Å²) in [5.41, 5.74) is 2.23. The third kappa shape index (κ3) is 4.46. The van der Waals surface area contributed by atoms with Gasteiger partial charge in [0.15, 0.2) is 11.0 Å². The van der Waals surface area contributed by atoms with Crippen molar-refractivity contribution in [2.45, 2.75) is 13.8 Å². The van der Waals surface area contributed by atoms with Crippen molar-refractivity contribution in [3.63, 3.8) is 0 Å². The van der Waals surface area contributed by atoms with Gasteiger partial charge in [-0.25, -0.2) is 4.90 Å². The number of thioether (sulfide) groups is 1. The van der Waals surface area contributed by atoms with Crippen LogP contribution in [0.15, 0.2) is 29.2 Å². The van der Waals surface area contributed by atoms with E-state index in [0.717, 1.165) is 45.0 Å². The van der Waals surface area contributed by atoms with E-state index in [2.05, 4.69) is 43.0 Å². The normalized spacial score (nSPS) is 20.2. The van der Waals surface area contributed by atoms with Crippen molar-refractivity contribution >= 4 is 46.0 Å². The number of nitrogens with one attached hydrogen (secondary N) is 1. The first-order valence-electron chi connectivity index (χ1n) is 9.14. The van der Waals surface area contributed by atoms with E-state index >= 15 is 0 Å². The highest BCUT2D eigenvalue weighted by atomic mass is 32.2. The molecule has 2 saturated heterocycles. The number of hydrogen-bond donors (Lipinski definition) is 1. The SMILES string of the molecule is CCN(CC)c1ccc(/C=C2\SC(=S)N(C[NH+]3CCOCC3)C2=O)cc1. The highest BCUT2D eigenvalue weighted by Gasteiger charge is 2.35. The number of carbonyl (C=O) groups excluding carboxylic acids is 1. The van der Waals surface area contributed by atoms with E-state index in [-0.39, 0.29) is 5.91 Å². The van der Waals surface area contributed by atoms with E-state index in [1.807, 2.05) is 6.08 Å². The molecule has 0 bridgehead atoms. The number of amides is 1. The lowest BCUT2D eigenvalue weighted by Crippen LogP contribution is -3.15. The summed E-state index contributed by atoms with van der Waals surface area (Å²) >= 11 is 6.84. The fourth-order valence-corrected chi connectivity index (χ4v) is 4.45. The summed E-state index contributed by atoms with van der Waals surface area (Å²) in [4.78, 5) is 18.8. The first kappa shape index (κ1) is 19.4. The lowest BCUT2D eigenvalue weighted by molar-refractivity contribution is -0.914. The van der Waals surface area contributed by atoms with Gasteiger partial charge < -0.3 is 14.5 Å². The Morgan fingerprint density at radius 3 is 2.50 bits per heavy atom. The average Bonchev–Trinajstić information content (AvgIpc) is 2.92. The number of carbonyl (C=O) groups is 1. The molecule has 3 rings (SSSR count). The van der Waals surface area contributed by atoms with Crippen LogP contribution in [0.2, 0.25) is 0 Å². The Bertz CT molecular complexity index is 681. The molecule has 26 heavy (non-hydrogen) atoms. The van der Waals surface area contributed by atoms with Gasteiger partial charge in [-0.15, -0.1) is 0 Å². The van der Waals surface area contributed by atoms with E-state index in [1.165, 1.54) is 22.3 Å². The molecule has 1 aromatic carbocycles. The molecule has 2 aliphatic rings. The maximum Gasteiger partial charge on any atom is 0.270 e. The maximum atomic E-state index is 12.8. The van der Waals surface area contributed by atoms with Gasteiger partial charge in [-0.05, 0) is 37.6 Å². The van der Waals surface area contributed by atoms with Crippen molar-refractivity contribution in [3.8, 4) is 0 Å². The van der Waals surface area contributed by atoms with Gasteiger partial charge in [-0.2, -0.15) is 0 Å². The Morgan fingerprint density at radius 2 is 1.88 bits per heavy atom. The molecule has 0 radical (unpaired) electrons. The summed E-state index contributed by atoms with van der Waals surface area (Å²) in [5.74, 6) is 0.0202. The van der Waals surface area contributed by atoms with Crippen LogP contribution in [0.5, 0.6) is 0 Å². The van der Waals surface area contributed by atoms with Crippen LogP contribution in [0.3, 0.4) is 0 Å². The van der Waals surface area contributed by atoms with E-state index in [0.29, 0.717) is 15.9 Å². The first-order chi connectivity index (χ1) is 12.6. The van der Waals surface area contributed by atoms with Crippen LogP contribution in [-0.4, -0.2) is 61.2 Å². The summed E-state index contributed by atoms with van der Waals surface area (Å²) in [6.45, 7) is 10.2. The topological polar surface area (TPSA) is 37.2 Å². The zero-order chi connectivity index (χ0) is 18.5. The van der Waals surface area contributed by atoms with Crippen molar-refractivity contribution < 1.29 is 14.4 Å². The molecular formula is C19H26N3O2S2+. The number of rotatable bonds is 6. The van der Waals surface area contributed by atoms with Gasteiger partial charge in [0.25, 0.3) is 5.91 Å². The minimum atomic E-state index is 0.0202. The van der Waals surface area contributed by atoms with Crippen molar-refractivity contribution in [2.24, 2.45) is 0 Å². The van der Waals surface area contributed by atoms with Crippen LogP contribution in [0.25, 0.3) is 6.08 Å². The highest BCUT2D eigenvalue weighted by molar-refractivity contribution is 8.26. The number of ether oxygens (including phenoxy) is 1. The molecule has 0 saturated carbocycles. The predicted molar refractivity (Wildman–Crippen MR) is 111 cm³/mol. The van der Waals surface area contributed by atoms with Crippen molar-refractivity contribution in [1.82, 2.24) is 4.90 Å². The number of hydrogen-bond acceptors (Lipinski definition) is 5. The number of morpholine rings is 1. The Morgan fingerprint density at radius 1 is 1.23 bits per heavy atom. The van der Waals surface area contributed by atoms with Gasteiger partial charge >= 0.3 is 0 Å². The summed E-state index contributed by atoms with van der Waals surface area (Å²) < 4.78 is 6.04. The molecule has 0 unspecified atom stereocenters. The molecule has 7 heteroatoms. The standard InChI is InChI=1S/C19H25N3O2S2/c1-3-21(4-2)16-7-5-15(6-8-16)13-17-18(23)22(19(25)26-17)14-20-9-11-24-12-10-20/h5-8,13H,3-4,9-12,14H2,1-2H3/p+1/b17-13-. The molecular weight excluding hydrogens is 366 g/mol. The van der Waals surface area contributed by atoms with Gasteiger partial charge in [0, 0.05) is 18.8 Å². The Kier molecular flexibility index (Phi) is 6.69. The van der Waals surface area contributed by atoms with E-state index in [9.17, 15) is 4.79 Å². The summed E-state index contributed by atoms with van der Waals surface area (Å²) in [6.07, 6.45) is 1.94. The third-order valence-electron chi connectivity index (χ3n) is 4.77. The number of nitrogens with zero attached hydrogens (tertiary/aromatic N) is 2. The van der Waals surface area contributed by atoms with Gasteiger partial charge in [0.1, 0.15) is 13.1 Å². The summed E-state index contributed by atoms with van der Waals surface area (Å²) in [6, 6.07) is 8.34. The van der Waals surface area contributed by atoms with Crippen LogP contribution in [0.4, 0.5) is 5.69 Å².